The third-order valence-electron chi connectivity index (χ3n) is 6.35. The molecule has 9 nitrogen and oxygen atoms in total. The second-order valence-electron chi connectivity index (χ2n) is 8.27. The highest BCUT2D eigenvalue weighted by Crippen LogP contribution is 2.45. The van der Waals surface area contributed by atoms with Gasteiger partial charge in [-0.25, -0.2) is 0 Å². The molecule has 2 aromatic carbocycles. The maximum Gasteiger partial charge on any atom is 0.295 e. The molecule has 1 N–H and O–H groups in total. The van der Waals surface area contributed by atoms with Crippen LogP contribution in [0, 0.1) is 0 Å². The van der Waals surface area contributed by atoms with E-state index < -0.39 is 17.7 Å². The average Bonchev–Trinajstić information content (AvgIpc) is 3.16. The molecule has 0 radical (unpaired) electrons. The number of ketones is 1. The standard InChI is InChI=1S/C26H30N2O7/c1-32-19-15-18(16-20(33-2)25(19)34-3)22-21(23(29)17-7-5-4-6-8-17)24(30)26(31)28(22)10-9-27-11-13-35-14-12-27/h4-8,15-16,22,29H,9-14H2,1-3H3/b23-21+/t22-/m0/s1. The summed E-state index contributed by atoms with van der Waals surface area (Å²) in [5.41, 5.74) is 1.05. The van der Waals surface area contributed by atoms with Crippen molar-refractivity contribution in [3.05, 3.63) is 59.2 Å². The number of likely N-dealkylation sites (tertiary alicyclic amines) is 1. The lowest BCUT2D eigenvalue weighted by Gasteiger charge is -2.31. The van der Waals surface area contributed by atoms with Crippen molar-refractivity contribution in [1.29, 1.82) is 0 Å². The Bertz CT molecular complexity index is 1080. The van der Waals surface area contributed by atoms with E-state index in [0.29, 0.717) is 54.7 Å². The first-order valence-corrected chi connectivity index (χ1v) is 11.4. The van der Waals surface area contributed by atoms with Gasteiger partial charge in [0, 0.05) is 31.7 Å². The zero-order chi connectivity index (χ0) is 24.9. The first-order valence-electron chi connectivity index (χ1n) is 11.4. The summed E-state index contributed by atoms with van der Waals surface area (Å²) in [4.78, 5) is 30.2. The molecule has 2 aromatic rings. The summed E-state index contributed by atoms with van der Waals surface area (Å²) in [5.74, 6) is -0.439. The van der Waals surface area contributed by atoms with Crippen LogP contribution in [0.5, 0.6) is 17.2 Å². The van der Waals surface area contributed by atoms with Crippen LogP contribution in [0.25, 0.3) is 5.76 Å². The average molecular weight is 483 g/mol. The number of nitrogens with zero attached hydrogens (tertiary/aromatic N) is 2. The molecule has 9 heteroatoms. The Kier molecular flexibility index (Phi) is 7.57. The summed E-state index contributed by atoms with van der Waals surface area (Å²) in [6, 6.07) is 11.3. The zero-order valence-corrected chi connectivity index (χ0v) is 20.2. The minimum atomic E-state index is -0.829. The quantitative estimate of drug-likeness (QED) is 0.348. The van der Waals surface area contributed by atoms with Crippen molar-refractivity contribution in [2.45, 2.75) is 6.04 Å². The number of hydrogen-bond acceptors (Lipinski definition) is 8. The molecule has 2 aliphatic heterocycles. The summed E-state index contributed by atoms with van der Waals surface area (Å²) in [7, 11) is 4.50. The van der Waals surface area contributed by atoms with Gasteiger partial charge in [-0.3, -0.25) is 14.5 Å². The Labute approximate surface area is 204 Å². The lowest BCUT2D eigenvalue weighted by molar-refractivity contribution is -0.140. The minimum absolute atomic E-state index is 0.0254. The highest BCUT2D eigenvalue weighted by atomic mass is 16.5. The first kappa shape index (κ1) is 24.6. The predicted molar refractivity (Wildman–Crippen MR) is 129 cm³/mol. The van der Waals surface area contributed by atoms with Crippen LogP contribution in [0.1, 0.15) is 17.2 Å². The number of rotatable bonds is 8. The number of morpholine rings is 1. The van der Waals surface area contributed by atoms with Gasteiger partial charge >= 0.3 is 0 Å². The highest BCUT2D eigenvalue weighted by Gasteiger charge is 2.46. The van der Waals surface area contributed by atoms with Crippen LogP contribution < -0.4 is 14.2 Å². The van der Waals surface area contributed by atoms with Gasteiger partial charge in [0.15, 0.2) is 11.5 Å². The van der Waals surface area contributed by atoms with Crippen LogP contribution >= 0.6 is 0 Å². The molecule has 0 aromatic heterocycles. The number of amides is 1. The van der Waals surface area contributed by atoms with E-state index in [1.54, 1.807) is 36.4 Å². The molecule has 2 heterocycles. The number of carbonyl (C=O) groups is 2. The number of hydrogen-bond donors (Lipinski definition) is 1. The Morgan fingerprint density at radius 1 is 0.971 bits per heavy atom. The van der Waals surface area contributed by atoms with Gasteiger partial charge in [0.05, 0.1) is 46.2 Å². The fraction of sp³-hybridized carbons (Fsp3) is 0.385. The summed E-state index contributed by atoms with van der Waals surface area (Å²) in [6.45, 7) is 3.64. The van der Waals surface area contributed by atoms with Crippen LogP contribution in [0.4, 0.5) is 0 Å². The molecule has 2 saturated heterocycles. The van der Waals surface area contributed by atoms with Crippen molar-refractivity contribution in [3.63, 3.8) is 0 Å². The fourth-order valence-electron chi connectivity index (χ4n) is 4.54. The number of Topliss-reactive ketones (excluding diaryl/α,β-unsaturated/α-hetero) is 1. The third-order valence-corrected chi connectivity index (χ3v) is 6.35. The molecule has 0 bridgehead atoms. The fourth-order valence-corrected chi connectivity index (χ4v) is 4.54. The molecule has 0 saturated carbocycles. The van der Waals surface area contributed by atoms with Gasteiger partial charge in [0.25, 0.3) is 11.7 Å². The van der Waals surface area contributed by atoms with E-state index in [2.05, 4.69) is 4.90 Å². The molecule has 0 aliphatic carbocycles. The van der Waals surface area contributed by atoms with Crippen molar-refractivity contribution in [3.8, 4) is 17.2 Å². The monoisotopic (exact) mass is 482 g/mol. The van der Waals surface area contributed by atoms with Crippen LogP contribution in [0.15, 0.2) is 48.0 Å². The predicted octanol–water partition coefficient (Wildman–Crippen LogP) is 2.47. The molecule has 1 atom stereocenters. The van der Waals surface area contributed by atoms with Gasteiger partial charge in [-0.2, -0.15) is 0 Å². The van der Waals surface area contributed by atoms with Gasteiger partial charge in [0.1, 0.15) is 5.76 Å². The summed E-state index contributed by atoms with van der Waals surface area (Å²) < 4.78 is 21.9. The lowest BCUT2D eigenvalue weighted by atomic mass is 9.94. The Morgan fingerprint density at radius 3 is 2.17 bits per heavy atom. The second-order valence-corrected chi connectivity index (χ2v) is 8.27. The molecular weight excluding hydrogens is 452 g/mol. The van der Waals surface area contributed by atoms with Crippen molar-refractivity contribution >= 4 is 17.4 Å². The van der Waals surface area contributed by atoms with Gasteiger partial charge < -0.3 is 29.0 Å². The molecular formula is C26H30N2O7. The van der Waals surface area contributed by atoms with Crippen molar-refractivity contribution in [1.82, 2.24) is 9.80 Å². The van der Waals surface area contributed by atoms with Gasteiger partial charge in [-0.15, -0.1) is 0 Å². The Hall–Kier alpha value is -3.56. The molecule has 0 spiro atoms. The largest absolute Gasteiger partial charge is 0.507 e. The Morgan fingerprint density at radius 2 is 1.60 bits per heavy atom. The minimum Gasteiger partial charge on any atom is -0.507 e. The number of benzene rings is 2. The van der Waals surface area contributed by atoms with Crippen molar-refractivity contribution in [2.75, 3.05) is 60.7 Å². The normalized spacial score (nSPS) is 20.2. The molecule has 2 fully saturated rings. The van der Waals surface area contributed by atoms with Crippen LogP contribution in [-0.4, -0.2) is 87.3 Å². The maximum atomic E-state index is 13.3. The van der Waals surface area contributed by atoms with E-state index in [1.165, 1.54) is 26.2 Å². The number of ether oxygens (including phenoxy) is 4. The SMILES string of the molecule is COc1cc([C@H]2/C(=C(\O)c3ccccc3)C(=O)C(=O)N2CCN2CCOCC2)cc(OC)c1OC. The first-order chi connectivity index (χ1) is 17.0. The molecule has 2 aliphatic rings. The van der Waals surface area contributed by atoms with Gasteiger partial charge in [-0.05, 0) is 17.7 Å². The van der Waals surface area contributed by atoms with E-state index in [0.717, 1.165) is 13.1 Å². The van der Waals surface area contributed by atoms with Crippen LogP contribution in [0.2, 0.25) is 0 Å². The second kappa shape index (κ2) is 10.8. The summed E-state index contributed by atoms with van der Waals surface area (Å²) in [6.07, 6.45) is 0. The smallest absolute Gasteiger partial charge is 0.295 e. The molecule has 0 unspecified atom stereocenters. The number of aliphatic hydroxyl groups excluding tert-OH is 1. The lowest BCUT2D eigenvalue weighted by Crippen LogP contribution is -2.42. The molecule has 1 amide bonds. The van der Waals surface area contributed by atoms with Gasteiger partial charge in [0.2, 0.25) is 5.75 Å². The molecule has 186 valence electrons. The third kappa shape index (κ3) is 4.82. The van der Waals surface area contributed by atoms with E-state index >= 15 is 0 Å². The van der Waals surface area contributed by atoms with Gasteiger partial charge in [-0.1, -0.05) is 30.3 Å². The van der Waals surface area contributed by atoms with Crippen molar-refractivity contribution in [2.24, 2.45) is 0 Å². The van der Waals surface area contributed by atoms with E-state index in [4.69, 9.17) is 18.9 Å². The maximum absolute atomic E-state index is 13.3. The highest BCUT2D eigenvalue weighted by molar-refractivity contribution is 6.46. The number of carbonyl (C=O) groups excluding carboxylic acids is 2. The molecule has 4 rings (SSSR count). The van der Waals surface area contributed by atoms with Crippen LogP contribution in [0.3, 0.4) is 0 Å². The summed E-state index contributed by atoms with van der Waals surface area (Å²) in [5, 5.41) is 11.2. The topological polar surface area (TPSA) is 97.8 Å². The summed E-state index contributed by atoms with van der Waals surface area (Å²) >= 11 is 0. The van der Waals surface area contributed by atoms with E-state index in [1.807, 2.05) is 6.07 Å². The van der Waals surface area contributed by atoms with E-state index in [-0.39, 0.29) is 11.3 Å². The number of aliphatic hydroxyl groups is 1. The van der Waals surface area contributed by atoms with E-state index in [9.17, 15) is 14.7 Å². The van der Waals surface area contributed by atoms with Crippen molar-refractivity contribution < 1.29 is 33.6 Å². The Balaban J connectivity index is 1.82. The van der Waals surface area contributed by atoms with Crippen LogP contribution in [-0.2, 0) is 14.3 Å². The zero-order valence-electron chi connectivity index (χ0n) is 20.2. The number of methoxy groups -OCH3 is 3. The molecule has 35 heavy (non-hydrogen) atoms.